The van der Waals surface area contributed by atoms with Crippen LogP contribution in [0, 0.1) is 11.8 Å². The molecule has 0 heteroatoms. The van der Waals surface area contributed by atoms with Crippen LogP contribution < -0.4 is 0 Å². The maximum Gasteiger partial charge on any atom is -0.0276 e. The first-order chi connectivity index (χ1) is 11.8. The van der Waals surface area contributed by atoms with Gasteiger partial charge in [-0.1, -0.05) is 109 Å². The van der Waals surface area contributed by atoms with Crippen LogP contribution in [0.15, 0.2) is 24.3 Å². The molecule has 0 heterocycles. The monoisotopic (exact) mass is 328 g/mol. The molecule has 0 nitrogen and oxygen atoms in total. The van der Waals surface area contributed by atoms with Gasteiger partial charge < -0.3 is 0 Å². The van der Waals surface area contributed by atoms with Crippen LogP contribution in [0.1, 0.15) is 102 Å². The summed E-state index contributed by atoms with van der Waals surface area (Å²) in [7, 11) is 0. The van der Waals surface area contributed by atoms with E-state index in [4.69, 9.17) is 0 Å². The van der Waals surface area contributed by atoms with Crippen molar-refractivity contribution in [2.45, 2.75) is 104 Å². The third-order valence-electron chi connectivity index (χ3n) is 6.09. The summed E-state index contributed by atoms with van der Waals surface area (Å²) in [6.45, 7) is 4.57. The number of rotatable bonds is 11. The van der Waals surface area contributed by atoms with Gasteiger partial charge in [0.1, 0.15) is 0 Å². The molecule has 0 atom stereocenters. The molecule has 0 bridgehead atoms. The lowest BCUT2D eigenvalue weighted by Gasteiger charge is -2.28. The van der Waals surface area contributed by atoms with Crippen molar-refractivity contribution in [1.29, 1.82) is 0 Å². The van der Waals surface area contributed by atoms with Crippen molar-refractivity contribution in [1.82, 2.24) is 0 Å². The minimum absolute atomic E-state index is 0.997. The lowest BCUT2D eigenvalue weighted by Crippen LogP contribution is -2.15. The van der Waals surface area contributed by atoms with Gasteiger partial charge in [-0.25, -0.2) is 0 Å². The van der Waals surface area contributed by atoms with E-state index in [9.17, 15) is 0 Å². The fourth-order valence-corrected chi connectivity index (χ4v) is 4.38. The Labute approximate surface area is 151 Å². The highest BCUT2D eigenvalue weighted by molar-refractivity contribution is 5.22. The molecule has 1 aliphatic rings. The Kier molecular flexibility index (Phi) is 9.54. The number of benzene rings is 1. The van der Waals surface area contributed by atoms with E-state index in [0.29, 0.717) is 0 Å². The van der Waals surface area contributed by atoms with Gasteiger partial charge in [0.25, 0.3) is 0 Å². The molecule has 24 heavy (non-hydrogen) atoms. The summed E-state index contributed by atoms with van der Waals surface area (Å²) in [5.41, 5.74) is 3.05. The van der Waals surface area contributed by atoms with Crippen LogP contribution in [0.25, 0.3) is 0 Å². The second-order valence-corrected chi connectivity index (χ2v) is 8.19. The summed E-state index contributed by atoms with van der Waals surface area (Å²) in [5.74, 6) is 2.05. The predicted molar refractivity (Wildman–Crippen MR) is 108 cm³/mol. The van der Waals surface area contributed by atoms with E-state index in [0.717, 1.165) is 11.8 Å². The summed E-state index contributed by atoms with van der Waals surface area (Å²) < 4.78 is 0. The van der Waals surface area contributed by atoms with Crippen molar-refractivity contribution in [3.63, 3.8) is 0 Å². The molecule has 0 unspecified atom stereocenters. The van der Waals surface area contributed by atoms with Crippen LogP contribution >= 0.6 is 0 Å². The Morgan fingerprint density at radius 2 is 1.17 bits per heavy atom. The maximum absolute atomic E-state index is 2.37. The lowest BCUT2D eigenvalue weighted by molar-refractivity contribution is 0.248. The van der Waals surface area contributed by atoms with Gasteiger partial charge in [-0.05, 0) is 42.2 Å². The lowest BCUT2D eigenvalue weighted by atomic mass is 9.77. The van der Waals surface area contributed by atoms with Crippen molar-refractivity contribution >= 4 is 0 Å². The first-order valence-corrected chi connectivity index (χ1v) is 10.9. The second-order valence-electron chi connectivity index (χ2n) is 8.19. The van der Waals surface area contributed by atoms with Gasteiger partial charge >= 0.3 is 0 Å². The first kappa shape index (κ1) is 19.5. The third-order valence-corrected chi connectivity index (χ3v) is 6.09. The third kappa shape index (κ3) is 7.41. The molecule has 1 aliphatic carbocycles. The predicted octanol–water partition coefficient (Wildman–Crippen LogP) is 7.74. The van der Waals surface area contributed by atoms with Gasteiger partial charge in [-0.15, -0.1) is 0 Å². The van der Waals surface area contributed by atoms with Crippen molar-refractivity contribution < 1.29 is 0 Å². The fourth-order valence-electron chi connectivity index (χ4n) is 4.38. The van der Waals surface area contributed by atoms with Crippen LogP contribution in [0.2, 0.25) is 0 Å². The molecule has 0 aromatic heterocycles. The van der Waals surface area contributed by atoms with Gasteiger partial charge in [0, 0.05) is 0 Å². The van der Waals surface area contributed by atoms with Crippen LogP contribution in [0.3, 0.4) is 0 Å². The Balaban J connectivity index is 1.57. The Morgan fingerprint density at radius 3 is 1.75 bits per heavy atom. The number of unbranched alkanes of at least 4 members (excludes halogenated alkanes) is 4. The minimum Gasteiger partial charge on any atom is -0.0654 e. The fraction of sp³-hybridized carbons (Fsp3) is 0.750. The topological polar surface area (TPSA) is 0 Å². The molecular weight excluding hydrogens is 288 g/mol. The molecule has 0 aliphatic heterocycles. The van der Waals surface area contributed by atoms with Gasteiger partial charge in [-0.2, -0.15) is 0 Å². The Hall–Kier alpha value is -0.780. The van der Waals surface area contributed by atoms with Crippen LogP contribution in [-0.4, -0.2) is 0 Å². The normalized spacial score (nSPS) is 21.1. The Bertz CT molecular complexity index is 408. The number of hydrogen-bond donors (Lipinski definition) is 0. The van der Waals surface area contributed by atoms with E-state index >= 15 is 0 Å². The quantitative estimate of drug-likeness (QED) is 0.364. The van der Waals surface area contributed by atoms with Crippen LogP contribution in [-0.2, 0) is 12.8 Å². The zero-order valence-corrected chi connectivity index (χ0v) is 16.4. The summed E-state index contributed by atoms with van der Waals surface area (Å²) in [5, 5.41) is 0. The number of aryl methyl sites for hydroxylation is 2. The molecule has 2 rings (SSSR count). The molecular formula is C24H40. The molecule has 0 amide bonds. The van der Waals surface area contributed by atoms with Gasteiger partial charge in [-0.3, -0.25) is 0 Å². The van der Waals surface area contributed by atoms with Crippen molar-refractivity contribution in [3.8, 4) is 0 Å². The average Bonchev–Trinajstić information content (AvgIpc) is 2.62. The van der Waals surface area contributed by atoms with E-state index in [1.165, 1.54) is 95.5 Å². The van der Waals surface area contributed by atoms with E-state index in [1.54, 1.807) is 5.56 Å². The molecule has 136 valence electrons. The highest BCUT2D eigenvalue weighted by Gasteiger charge is 2.20. The van der Waals surface area contributed by atoms with E-state index in [1.807, 2.05) is 0 Å². The summed E-state index contributed by atoms with van der Waals surface area (Å²) in [6.07, 6.45) is 19.9. The number of hydrogen-bond acceptors (Lipinski definition) is 0. The molecule has 1 fully saturated rings. The second kappa shape index (κ2) is 11.7. The maximum atomic E-state index is 2.37. The zero-order chi connectivity index (χ0) is 17.0. The largest absolute Gasteiger partial charge is 0.0654 e. The standard InChI is InChI=1S/C24H40/c1-3-5-6-7-8-10-22-13-17-24(18-14-22)20-19-23-15-11-21(9-4-2)12-16-23/h11-12,15-16,22,24H,3-10,13-14,17-20H2,1-2H3/t22-,24-. The van der Waals surface area contributed by atoms with Gasteiger partial charge in [0.15, 0.2) is 0 Å². The van der Waals surface area contributed by atoms with Crippen LogP contribution in [0.5, 0.6) is 0 Å². The zero-order valence-electron chi connectivity index (χ0n) is 16.4. The molecule has 0 spiro atoms. The molecule has 1 saturated carbocycles. The van der Waals surface area contributed by atoms with Crippen LogP contribution in [0.4, 0.5) is 0 Å². The van der Waals surface area contributed by atoms with Crippen molar-refractivity contribution in [2.75, 3.05) is 0 Å². The summed E-state index contributed by atoms with van der Waals surface area (Å²) in [6, 6.07) is 9.42. The first-order valence-electron chi connectivity index (χ1n) is 10.9. The molecule has 1 aromatic rings. The SMILES string of the molecule is CCCCCCC[C@H]1CC[C@H](CCc2ccc(CCC)cc2)CC1. The van der Waals surface area contributed by atoms with Crippen molar-refractivity contribution in [3.05, 3.63) is 35.4 Å². The van der Waals surface area contributed by atoms with E-state index in [-0.39, 0.29) is 0 Å². The van der Waals surface area contributed by atoms with E-state index in [2.05, 4.69) is 38.1 Å². The molecule has 0 radical (unpaired) electrons. The molecule has 0 N–H and O–H groups in total. The summed E-state index contributed by atoms with van der Waals surface area (Å²) >= 11 is 0. The summed E-state index contributed by atoms with van der Waals surface area (Å²) in [4.78, 5) is 0. The Morgan fingerprint density at radius 1 is 0.625 bits per heavy atom. The molecule has 0 saturated heterocycles. The van der Waals surface area contributed by atoms with E-state index < -0.39 is 0 Å². The van der Waals surface area contributed by atoms with Gasteiger partial charge in [0.2, 0.25) is 0 Å². The van der Waals surface area contributed by atoms with Gasteiger partial charge in [0.05, 0.1) is 0 Å². The molecule has 1 aromatic carbocycles. The minimum atomic E-state index is 0.997. The smallest absolute Gasteiger partial charge is 0.0276 e. The van der Waals surface area contributed by atoms with Crippen molar-refractivity contribution in [2.24, 2.45) is 11.8 Å². The average molecular weight is 329 g/mol. The highest BCUT2D eigenvalue weighted by atomic mass is 14.3. The highest BCUT2D eigenvalue weighted by Crippen LogP contribution is 2.34.